The number of hydrogen-bond acceptors (Lipinski definition) is 4. The van der Waals surface area contributed by atoms with Crippen LogP contribution < -0.4 is 10.1 Å². The Morgan fingerprint density at radius 3 is 2.92 bits per heavy atom. The molecule has 0 unspecified atom stereocenters. The Hall–Kier alpha value is -2.60. The SMILES string of the molecule is COc1ccc(Cl)cc1NC(=O)c1cc(C2CC2)n2nccc2n1. The first-order valence-corrected chi connectivity index (χ1v) is 8.03. The van der Waals surface area contributed by atoms with Crippen LogP contribution in [0.1, 0.15) is 34.9 Å². The second-order valence-corrected chi connectivity index (χ2v) is 6.18. The van der Waals surface area contributed by atoms with Crippen LogP contribution in [0.25, 0.3) is 5.65 Å². The minimum atomic E-state index is -0.304. The minimum absolute atomic E-state index is 0.304. The van der Waals surface area contributed by atoms with Crippen molar-refractivity contribution in [3.8, 4) is 5.75 Å². The smallest absolute Gasteiger partial charge is 0.274 e. The lowest BCUT2D eigenvalue weighted by Gasteiger charge is -2.11. The first-order valence-electron chi connectivity index (χ1n) is 7.65. The molecule has 24 heavy (non-hydrogen) atoms. The molecule has 0 radical (unpaired) electrons. The number of rotatable bonds is 4. The minimum Gasteiger partial charge on any atom is -0.495 e. The summed E-state index contributed by atoms with van der Waals surface area (Å²) in [6.45, 7) is 0. The summed E-state index contributed by atoms with van der Waals surface area (Å²) in [6.07, 6.45) is 3.92. The Morgan fingerprint density at radius 2 is 2.17 bits per heavy atom. The van der Waals surface area contributed by atoms with Crippen molar-refractivity contribution in [2.24, 2.45) is 0 Å². The Kier molecular flexibility index (Phi) is 3.61. The van der Waals surface area contributed by atoms with E-state index in [1.165, 1.54) is 0 Å². The van der Waals surface area contributed by atoms with Crippen LogP contribution in [0.2, 0.25) is 5.02 Å². The maximum absolute atomic E-state index is 12.7. The predicted octanol–water partition coefficient (Wildman–Crippen LogP) is 3.52. The lowest BCUT2D eigenvalue weighted by Crippen LogP contribution is -2.16. The van der Waals surface area contributed by atoms with Gasteiger partial charge < -0.3 is 10.1 Å². The third-order valence-electron chi connectivity index (χ3n) is 4.02. The van der Waals surface area contributed by atoms with Gasteiger partial charge in [0.1, 0.15) is 11.4 Å². The standard InChI is InChI=1S/C17H15ClN4O2/c1-24-15-5-4-11(18)8-12(15)21-17(23)13-9-14(10-2-3-10)22-16(20-13)6-7-19-22/h4-10H,2-3H2,1H3,(H,21,23). The fraction of sp³-hybridized carbons (Fsp3) is 0.235. The van der Waals surface area contributed by atoms with E-state index < -0.39 is 0 Å². The van der Waals surface area contributed by atoms with E-state index in [-0.39, 0.29) is 5.91 Å². The molecule has 2 heterocycles. The van der Waals surface area contributed by atoms with E-state index in [0.717, 1.165) is 18.5 Å². The molecular formula is C17H15ClN4O2. The Morgan fingerprint density at radius 1 is 1.33 bits per heavy atom. The maximum atomic E-state index is 12.7. The number of halogens is 1. The average molecular weight is 343 g/mol. The second kappa shape index (κ2) is 5.79. The van der Waals surface area contributed by atoms with Gasteiger partial charge in [-0.1, -0.05) is 11.6 Å². The van der Waals surface area contributed by atoms with Gasteiger partial charge in [0.05, 0.1) is 19.0 Å². The van der Waals surface area contributed by atoms with E-state index in [9.17, 15) is 4.79 Å². The topological polar surface area (TPSA) is 68.5 Å². The number of ether oxygens (including phenoxy) is 1. The van der Waals surface area contributed by atoms with Crippen molar-refractivity contribution in [3.63, 3.8) is 0 Å². The molecule has 1 aromatic carbocycles. The van der Waals surface area contributed by atoms with Crippen LogP contribution in [0, 0.1) is 0 Å². The molecule has 7 heteroatoms. The summed E-state index contributed by atoms with van der Waals surface area (Å²) < 4.78 is 7.06. The van der Waals surface area contributed by atoms with Crippen LogP contribution in [-0.2, 0) is 0 Å². The first-order chi connectivity index (χ1) is 11.7. The summed E-state index contributed by atoms with van der Waals surface area (Å²) in [5, 5.41) is 7.63. The van der Waals surface area contributed by atoms with Crippen LogP contribution >= 0.6 is 11.6 Å². The lowest BCUT2D eigenvalue weighted by atomic mass is 10.2. The van der Waals surface area contributed by atoms with Crippen LogP contribution in [0.4, 0.5) is 5.69 Å². The van der Waals surface area contributed by atoms with Gasteiger partial charge in [-0.3, -0.25) is 4.79 Å². The van der Waals surface area contributed by atoms with Gasteiger partial charge in [0.2, 0.25) is 0 Å². The van der Waals surface area contributed by atoms with E-state index in [1.54, 1.807) is 42.1 Å². The van der Waals surface area contributed by atoms with Crippen molar-refractivity contribution in [1.82, 2.24) is 14.6 Å². The zero-order valence-corrected chi connectivity index (χ0v) is 13.7. The molecule has 1 fully saturated rings. The highest BCUT2D eigenvalue weighted by Crippen LogP contribution is 2.40. The molecule has 0 aliphatic heterocycles. The van der Waals surface area contributed by atoms with Crippen LogP contribution in [-0.4, -0.2) is 27.6 Å². The van der Waals surface area contributed by atoms with Crippen LogP contribution in [0.5, 0.6) is 5.75 Å². The molecule has 0 saturated heterocycles. The van der Waals surface area contributed by atoms with Gasteiger partial charge in [-0.25, -0.2) is 9.50 Å². The Labute approximate surface area is 143 Å². The van der Waals surface area contributed by atoms with E-state index in [2.05, 4.69) is 15.4 Å². The molecule has 0 bridgehead atoms. The summed E-state index contributed by atoms with van der Waals surface area (Å²) in [7, 11) is 1.54. The fourth-order valence-corrected chi connectivity index (χ4v) is 2.86. The molecule has 0 atom stereocenters. The van der Waals surface area contributed by atoms with E-state index in [1.807, 2.05) is 6.07 Å². The molecule has 2 aromatic heterocycles. The number of aromatic nitrogens is 3. The highest BCUT2D eigenvalue weighted by Gasteiger charge is 2.28. The molecule has 6 nitrogen and oxygen atoms in total. The molecule has 1 saturated carbocycles. The summed E-state index contributed by atoms with van der Waals surface area (Å²) in [5.41, 5.74) is 2.56. The second-order valence-electron chi connectivity index (χ2n) is 5.74. The molecule has 1 amide bonds. The number of carbonyl (C=O) groups is 1. The van der Waals surface area contributed by atoms with Crippen molar-refractivity contribution in [1.29, 1.82) is 0 Å². The number of methoxy groups -OCH3 is 1. The molecule has 3 aromatic rings. The van der Waals surface area contributed by atoms with E-state index in [4.69, 9.17) is 16.3 Å². The molecule has 0 spiro atoms. The molecule has 1 aliphatic rings. The van der Waals surface area contributed by atoms with Crippen molar-refractivity contribution >= 4 is 28.8 Å². The van der Waals surface area contributed by atoms with Gasteiger partial charge in [-0.05, 0) is 37.1 Å². The Bertz CT molecular complexity index is 933. The number of amides is 1. The molecule has 122 valence electrons. The van der Waals surface area contributed by atoms with Crippen molar-refractivity contribution in [2.45, 2.75) is 18.8 Å². The van der Waals surface area contributed by atoms with Gasteiger partial charge in [0.15, 0.2) is 5.65 Å². The van der Waals surface area contributed by atoms with Crippen molar-refractivity contribution in [3.05, 3.63) is 52.9 Å². The largest absolute Gasteiger partial charge is 0.495 e. The lowest BCUT2D eigenvalue weighted by molar-refractivity contribution is 0.102. The third-order valence-corrected chi connectivity index (χ3v) is 4.26. The maximum Gasteiger partial charge on any atom is 0.274 e. The molecule has 1 aliphatic carbocycles. The first kappa shape index (κ1) is 15.0. The van der Waals surface area contributed by atoms with Gasteiger partial charge in [0, 0.05) is 22.7 Å². The highest BCUT2D eigenvalue weighted by molar-refractivity contribution is 6.31. The summed E-state index contributed by atoms with van der Waals surface area (Å²) in [4.78, 5) is 17.0. The van der Waals surface area contributed by atoms with Crippen LogP contribution in [0.15, 0.2) is 36.5 Å². The van der Waals surface area contributed by atoms with Crippen molar-refractivity contribution in [2.75, 3.05) is 12.4 Å². The van der Waals surface area contributed by atoms with Crippen molar-refractivity contribution < 1.29 is 9.53 Å². The van der Waals surface area contributed by atoms with Gasteiger partial charge in [-0.2, -0.15) is 5.10 Å². The summed E-state index contributed by atoms with van der Waals surface area (Å²) in [6, 6.07) is 8.67. The van der Waals surface area contributed by atoms with Gasteiger partial charge >= 0.3 is 0 Å². The van der Waals surface area contributed by atoms with Crippen LogP contribution in [0.3, 0.4) is 0 Å². The number of benzene rings is 1. The third kappa shape index (κ3) is 2.69. The number of carbonyl (C=O) groups excluding carboxylic acids is 1. The zero-order valence-electron chi connectivity index (χ0n) is 13.0. The molecule has 1 N–H and O–H groups in total. The fourth-order valence-electron chi connectivity index (χ4n) is 2.69. The number of fused-ring (bicyclic) bond motifs is 1. The zero-order chi connectivity index (χ0) is 16.7. The summed E-state index contributed by atoms with van der Waals surface area (Å²) in [5.74, 6) is 0.685. The molecular weight excluding hydrogens is 328 g/mol. The van der Waals surface area contributed by atoms with Gasteiger partial charge in [0.25, 0.3) is 5.91 Å². The monoisotopic (exact) mass is 342 g/mol. The quantitative estimate of drug-likeness (QED) is 0.787. The van der Waals surface area contributed by atoms with E-state index in [0.29, 0.717) is 33.7 Å². The molecule has 4 rings (SSSR count). The number of nitrogens with zero attached hydrogens (tertiary/aromatic N) is 3. The number of hydrogen-bond donors (Lipinski definition) is 1. The Balaban J connectivity index is 1.70. The number of nitrogens with one attached hydrogen (secondary N) is 1. The number of anilines is 1. The van der Waals surface area contributed by atoms with Gasteiger partial charge in [-0.15, -0.1) is 0 Å². The normalized spacial score (nSPS) is 13.9. The highest BCUT2D eigenvalue weighted by atomic mass is 35.5. The van der Waals surface area contributed by atoms with E-state index >= 15 is 0 Å². The average Bonchev–Trinajstić information content (AvgIpc) is 3.31. The summed E-state index contributed by atoms with van der Waals surface area (Å²) >= 11 is 6.01. The predicted molar refractivity (Wildman–Crippen MR) is 90.9 cm³/mol.